The molecule has 0 radical (unpaired) electrons. The highest BCUT2D eigenvalue weighted by Crippen LogP contribution is 2.17. The Kier molecular flexibility index (Phi) is 6.36. The van der Waals surface area contributed by atoms with Crippen molar-refractivity contribution < 1.29 is 4.79 Å². The van der Waals surface area contributed by atoms with Gasteiger partial charge in [-0.15, -0.1) is 0 Å². The largest absolute Gasteiger partial charge is 0.354 e. The summed E-state index contributed by atoms with van der Waals surface area (Å²) in [6.07, 6.45) is 1.24. The molecule has 122 valence electrons. The minimum absolute atomic E-state index is 0.0445. The van der Waals surface area contributed by atoms with Gasteiger partial charge in [0.2, 0.25) is 5.91 Å². The Morgan fingerprint density at radius 3 is 2.22 bits per heavy atom. The number of amides is 1. The van der Waals surface area contributed by atoms with Gasteiger partial charge in [-0.2, -0.15) is 0 Å². The van der Waals surface area contributed by atoms with E-state index >= 15 is 0 Å². The highest BCUT2D eigenvalue weighted by Gasteiger charge is 2.09. The normalized spacial score (nSPS) is 12.2. The Labute approximate surface area is 138 Å². The van der Waals surface area contributed by atoms with Crippen LogP contribution in [0.25, 0.3) is 0 Å². The van der Waals surface area contributed by atoms with Crippen molar-refractivity contribution in [3.63, 3.8) is 0 Å². The first-order chi connectivity index (χ1) is 11.1. The first-order valence-electron chi connectivity index (χ1n) is 8.22. The van der Waals surface area contributed by atoms with Crippen LogP contribution < -0.4 is 11.1 Å². The highest BCUT2D eigenvalue weighted by molar-refractivity contribution is 5.76. The van der Waals surface area contributed by atoms with Gasteiger partial charge in [0.25, 0.3) is 0 Å². The van der Waals surface area contributed by atoms with E-state index in [9.17, 15) is 4.79 Å². The maximum absolute atomic E-state index is 11.9. The van der Waals surface area contributed by atoms with E-state index in [1.54, 1.807) is 0 Å². The Morgan fingerprint density at radius 1 is 1.00 bits per heavy atom. The van der Waals surface area contributed by atoms with Crippen LogP contribution in [0.4, 0.5) is 0 Å². The SMILES string of the molecule is CC(C)c1ccc(C(N)CNC(=O)CCc2ccccc2)cc1. The number of nitrogens with one attached hydrogen (secondary N) is 1. The van der Waals surface area contributed by atoms with Crippen molar-refractivity contribution in [3.05, 3.63) is 71.3 Å². The van der Waals surface area contributed by atoms with Gasteiger partial charge in [0, 0.05) is 19.0 Å². The van der Waals surface area contributed by atoms with E-state index in [2.05, 4.69) is 43.4 Å². The first kappa shape index (κ1) is 17.2. The molecule has 23 heavy (non-hydrogen) atoms. The topological polar surface area (TPSA) is 55.1 Å². The van der Waals surface area contributed by atoms with E-state index < -0.39 is 0 Å². The lowest BCUT2D eigenvalue weighted by Gasteiger charge is -2.14. The molecule has 0 aliphatic carbocycles. The average Bonchev–Trinajstić information content (AvgIpc) is 2.58. The summed E-state index contributed by atoms with van der Waals surface area (Å²) in [5.74, 6) is 0.557. The number of nitrogens with two attached hydrogens (primary N) is 1. The molecule has 2 aromatic carbocycles. The van der Waals surface area contributed by atoms with E-state index in [0.29, 0.717) is 18.9 Å². The molecule has 0 aromatic heterocycles. The molecule has 3 N–H and O–H groups in total. The molecule has 2 rings (SSSR count). The average molecular weight is 310 g/mol. The van der Waals surface area contributed by atoms with Gasteiger partial charge in [-0.1, -0.05) is 68.4 Å². The molecule has 1 amide bonds. The third-order valence-electron chi connectivity index (χ3n) is 4.03. The summed E-state index contributed by atoms with van der Waals surface area (Å²) in [7, 11) is 0. The zero-order valence-electron chi connectivity index (χ0n) is 14.0. The van der Waals surface area contributed by atoms with E-state index in [-0.39, 0.29) is 11.9 Å². The Bertz CT molecular complexity index is 605. The summed E-state index contributed by atoms with van der Waals surface area (Å²) in [4.78, 5) is 11.9. The predicted octanol–water partition coefficient (Wildman–Crippen LogP) is 3.56. The molecule has 0 saturated carbocycles. The lowest BCUT2D eigenvalue weighted by Crippen LogP contribution is -2.32. The number of carbonyl (C=O) groups is 1. The number of benzene rings is 2. The fourth-order valence-electron chi connectivity index (χ4n) is 2.46. The monoisotopic (exact) mass is 310 g/mol. The summed E-state index contributed by atoms with van der Waals surface area (Å²) in [5.41, 5.74) is 9.69. The van der Waals surface area contributed by atoms with Gasteiger partial charge in [-0.05, 0) is 29.0 Å². The zero-order chi connectivity index (χ0) is 16.7. The van der Waals surface area contributed by atoms with Gasteiger partial charge >= 0.3 is 0 Å². The second kappa shape index (κ2) is 8.49. The van der Waals surface area contributed by atoms with Crippen molar-refractivity contribution in [1.82, 2.24) is 5.32 Å². The first-order valence-corrected chi connectivity index (χ1v) is 8.22. The fourth-order valence-corrected chi connectivity index (χ4v) is 2.46. The smallest absolute Gasteiger partial charge is 0.220 e. The predicted molar refractivity (Wildman–Crippen MR) is 95.2 cm³/mol. The number of hydrogen-bond donors (Lipinski definition) is 2. The van der Waals surface area contributed by atoms with Gasteiger partial charge < -0.3 is 11.1 Å². The summed E-state index contributed by atoms with van der Waals surface area (Å²) in [6.45, 7) is 4.80. The summed E-state index contributed by atoms with van der Waals surface area (Å²) in [6, 6.07) is 18.2. The van der Waals surface area contributed by atoms with Crippen LogP contribution in [0.5, 0.6) is 0 Å². The summed E-state index contributed by atoms with van der Waals surface area (Å²) in [5, 5.41) is 2.92. The van der Waals surface area contributed by atoms with Crippen LogP contribution in [0.3, 0.4) is 0 Å². The number of hydrogen-bond acceptors (Lipinski definition) is 2. The molecule has 1 atom stereocenters. The third kappa shape index (κ3) is 5.53. The molecule has 0 aliphatic heterocycles. The van der Waals surface area contributed by atoms with Crippen LogP contribution in [0, 0.1) is 0 Å². The highest BCUT2D eigenvalue weighted by atomic mass is 16.1. The quantitative estimate of drug-likeness (QED) is 0.821. The molecule has 2 aromatic rings. The van der Waals surface area contributed by atoms with Gasteiger partial charge in [-0.3, -0.25) is 4.79 Å². The van der Waals surface area contributed by atoms with Gasteiger partial charge in [0.05, 0.1) is 0 Å². The summed E-state index contributed by atoms with van der Waals surface area (Å²) < 4.78 is 0. The van der Waals surface area contributed by atoms with Crippen molar-refractivity contribution in [3.8, 4) is 0 Å². The molecule has 0 fully saturated rings. The number of aryl methyl sites for hydroxylation is 1. The lowest BCUT2D eigenvalue weighted by atomic mass is 9.99. The Balaban J connectivity index is 1.77. The van der Waals surface area contributed by atoms with Crippen LogP contribution in [-0.2, 0) is 11.2 Å². The van der Waals surface area contributed by atoms with Crippen molar-refractivity contribution >= 4 is 5.91 Å². The molecule has 3 heteroatoms. The molecule has 0 saturated heterocycles. The lowest BCUT2D eigenvalue weighted by molar-refractivity contribution is -0.121. The maximum atomic E-state index is 11.9. The van der Waals surface area contributed by atoms with E-state index in [1.165, 1.54) is 11.1 Å². The maximum Gasteiger partial charge on any atom is 0.220 e. The van der Waals surface area contributed by atoms with Crippen molar-refractivity contribution in [2.45, 2.75) is 38.6 Å². The van der Waals surface area contributed by atoms with Crippen LogP contribution in [0.2, 0.25) is 0 Å². The molecule has 0 heterocycles. The fraction of sp³-hybridized carbons (Fsp3) is 0.350. The molecule has 3 nitrogen and oxygen atoms in total. The van der Waals surface area contributed by atoms with Crippen molar-refractivity contribution in [2.24, 2.45) is 5.73 Å². The van der Waals surface area contributed by atoms with E-state index in [1.807, 2.05) is 30.3 Å². The Morgan fingerprint density at radius 2 is 1.61 bits per heavy atom. The third-order valence-corrected chi connectivity index (χ3v) is 4.03. The molecular weight excluding hydrogens is 284 g/mol. The molecule has 0 aliphatic rings. The molecule has 1 unspecified atom stereocenters. The Hall–Kier alpha value is -2.13. The van der Waals surface area contributed by atoms with Crippen molar-refractivity contribution in [1.29, 1.82) is 0 Å². The van der Waals surface area contributed by atoms with E-state index in [0.717, 1.165) is 12.0 Å². The minimum atomic E-state index is -0.170. The van der Waals surface area contributed by atoms with Gasteiger partial charge in [0.1, 0.15) is 0 Å². The van der Waals surface area contributed by atoms with E-state index in [4.69, 9.17) is 5.73 Å². The standard InChI is InChI=1S/C20H26N2O/c1-15(2)17-9-11-18(12-10-17)19(21)14-22-20(23)13-8-16-6-4-3-5-7-16/h3-7,9-12,15,19H,8,13-14,21H2,1-2H3,(H,22,23). The van der Waals surface area contributed by atoms with Gasteiger partial charge in [0.15, 0.2) is 0 Å². The van der Waals surface area contributed by atoms with Crippen LogP contribution >= 0.6 is 0 Å². The zero-order valence-corrected chi connectivity index (χ0v) is 14.0. The number of rotatable bonds is 7. The molecule has 0 spiro atoms. The van der Waals surface area contributed by atoms with Gasteiger partial charge in [-0.25, -0.2) is 0 Å². The minimum Gasteiger partial charge on any atom is -0.354 e. The van der Waals surface area contributed by atoms with Crippen LogP contribution in [0.1, 0.15) is 48.9 Å². The second-order valence-corrected chi connectivity index (χ2v) is 6.22. The van der Waals surface area contributed by atoms with Crippen LogP contribution in [-0.4, -0.2) is 12.5 Å². The van der Waals surface area contributed by atoms with Crippen molar-refractivity contribution in [2.75, 3.05) is 6.54 Å². The van der Waals surface area contributed by atoms with Crippen LogP contribution in [0.15, 0.2) is 54.6 Å². The molecule has 0 bridgehead atoms. The number of carbonyl (C=O) groups excluding carboxylic acids is 1. The summed E-state index contributed by atoms with van der Waals surface area (Å²) >= 11 is 0. The second-order valence-electron chi connectivity index (χ2n) is 6.22. The molecular formula is C20H26N2O.